The number of nitrogens with zero attached hydrogens (tertiary/aromatic N) is 1. The molecular formula is C24H22N2O2S. The van der Waals surface area contributed by atoms with Crippen molar-refractivity contribution in [3.8, 4) is 11.3 Å². The molecule has 1 N–H and O–H groups in total. The van der Waals surface area contributed by atoms with Crippen LogP contribution in [0.1, 0.15) is 39.8 Å². The van der Waals surface area contributed by atoms with Crippen molar-refractivity contribution in [3.63, 3.8) is 0 Å². The maximum absolute atomic E-state index is 13.3. The van der Waals surface area contributed by atoms with Gasteiger partial charge in [0.25, 0.3) is 5.91 Å². The summed E-state index contributed by atoms with van der Waals surface area (Å²) in [7, 11) is 0. The highest BCUT2D eigenvalue weighted by Gasteiger charge is 2.28. The molecule has 0 saturated heterocycles. The Morgan fingerprint density at radius 2 is 2.03 bits per heavy atom. The zero-order chi connectivity index (χ0) is 20.0. The molecule has 1 aromatic carbocycles. The van der Waals surface area contributed by atoms with Crippen molar-refractivity contribution >= 4 is 33.1 Å². The first-order valence-corrected chi connectivity index (χ1v) is 10.8. The first kappa shape index (κ1) is 18.1. The normalized spacial score (nSPS) is 16.0. The summed E-state index contributed by atoms with van der Waals surface area (Å²) >= 11 is 1.77. The lowest BCUT2D eigenvalue weighted by atomic mass is 9.87. The summed E-state index contributed by atoms with van der Waals surface area (Å²) in [6.07, 6.45) is 4.93. The predicted octanol–water partition coefficient (Wildman–Crippen LogP) is 6.24. The number of anilines is 1. The Bertz CT molecular complexity index is 1190. The Morgan fingerprint density at radius 3 is 2.79 bits per heavy atom. The molecule has 0 spiro atoms. The lowest BCUT2D eigenvalue weighted by molar-refractivity contribution is 0.102. The first-order valence-electron chi connectivity index (χ1n) is 9.97. The summed E-state index contributed by atoms with van der Waals surface area (Å²) in [5.74, 6) is 1.25. The van der Waals surface area contributed by atoms with Gasteiger partial charge >= 0.3 is 0 Å². The van der Waals surface area contributed by atoms with Gasteiger partial charge in [-0.25, -0.2) is 4.98 Å². The second-order valence-electron chi connectivity index (χ2n) is 7.78. The predicted molar refractivity (Wildman–Crippen MR) is 118 cm³/mol. The topological polar surface area (TPSA) is 55.1 Å². The third-order valence-corrected chi connectivity index (χ3v) is 6.80. The second kappa shape index (κ2) is 7.16. The standard InChI is InChI=1S/C24H22N2O2S/c1-14-10-11-17-19(13-14)29-24-21(17)22(18-9-6-12-28-18)20(15(2)25-24)23(27)26-16-7-4-3-5-8-16/h3-9,12,14H,10-11,13H2,1-2H3,(H,26,27). The number of hydrogen-bond donors (Lipinski definition) is 1. The number of benzene rings is 1. The number of carbonyl (C=O) groups is 1. The average molecular weight is 403 g/mol. The summed E-state index contributed by atoms with van der Waals surface area (Å²) in [6, 6.07) is 13.3. The van der Waals surface area contributed by atoms with Crippen molar-refractivity contribution in [2.45, 2.75) is 33.1 Å². The van der Waals surface area contributed by atoms with Crippen LogP contribution >= 0.6 is 11.3 Å². The highest BCUT2D eigenvalue weighted by molar-refractivity contribution is 7.19. The Balaban J connectivity index is 1.74. The minimum absolute atomic E-state index is 0.154. The van der Waals surface area contributed by atoms with Crippen LogP contribution in [0.4, 0.5) is 5.69 Å². The maximum atomic E-state index is 13.3. The largest absolute Gasteiger partial charge is 0.464 e. The monoisotopic (exact) mass is 402 g/mol. The van der Waals surface area contributed by atoms with Gasteiger partial charge in [0, 0.05) is 21.5 Å². The van der Waals surface area contributed by atoms with E-state index in [4.69, 9.17) is 9.40 Å². The quantitative estimate of drug-likeness (QED) is 0.441. The molecule has 1 amide bonds. The molecule has 4 nitrogen and oxygen atoms in total. The molecule has 0 radical (unpaired) electrons. The molecule has 0 fully saturated rings. The van der Waals surface area contributed by atoms with Gasteiger partial charge in [-0.05, 0) is 61.9 Å². The number of rotatable bonds is 3. The molecule has 0 saturated carbocycles. The Labute approximate surface area is 173 Å². The van der Waals surface area contributed by atoms with Crippen molar-refractivity contribution in [1.82, 2.24) is 4.98 Å². The fourth-order valence-corrected chi connectivity index (χ4v) is 5.69. The number of carbonyl (C=O) groups excluding carboxylic acids is 1. The zero-order valence-corrected chi connectivity index (χ0v) is 17.3. The van der Waals surface area contributed by atoms with Gasteiger partial charge in [0.1, 0.15) is 10.6 Å². The van der Waals surface area contributed by atoms with Crippen LogP contribution in [0.2, 0.25) is 0 Å². The number of thiophene rings is 1. The van der Waals surface area contributed by atoms with E-state index in [1.165, 1.54) is 10.4 Å². The van der Waals surface area contributed by atoms with Crippen LogP contribution in [-0.4, -0.2) is 10.9 Å². The van der Waals surface area contributed by atoms with E-state index in [0.717, 1.165) is 52.2 Å². The molecule has 5 heteroatoms. The number of nitrogens with one attached hydrogen (secondary N) is 1. The van der Waals surface area contributed by atoms with E-state index in [0.29, 0.717) is 11.5 Å². The number of aryl methyl sites for hydroxylation is 2. The van der Waals surface area contributed by atoms with Gasteiger partial charge in [-0.3, -0.25) is 4.79 Å². The van der Waals surface area contributed by atoms with Crippen LogP contribution in [0.3, 0.4) is 0 Å². The van der Waals surface area contributed by atoms with E-state index in [1.54, 1.807) is 17.6 Å². The second-order valence-corrected chi connectivity index (χ2v) is 8.86. The van der Waals surface area contributed by atoms with Crippen LogP contribution < -0.4 is 5.32 Å². The lowest BCUT2D eigenvalue weighted by Gasteiger charge is -2.19. The number of hydrogen-bond acceptors (Lipinski definition) is 4. The van der Waals surface area contributed by atoms with Gasteiger partial charge < -0.3 is 9.73 Å². The van der Waals surface area contributed by atoms with Gasteiger partial charge in [-0.15, -0.1) is 11.3 Å². The third kappa shape index (κ3) is 3.15. The van der Waals surface area contributed by atoms with Crippen LogP contribution in [-0.2, 0) is 12.8 Å². The molecule has 4 aromatic rings. The number of fused-ring (bicyclic) bond motifs is 3. The summed E-state index contributed by atoms with van der Waals surface area (Å²) < 4.78 is 5.80. The number of para-hydroxylation sites is 1. The Hall–Kier alpha value is -2.92. The van der Waals surface area contributed by atoms with Crippen molar-refractivity contribution in [2.75, 3.05) is 5.32 Å². The minimum Gasteiger partial charge on any atom is -0.464 e. The average Bonchev–Trinajstić information content (AvgIpc) is 3.34. The van der Waals surface area contributed by atoms with E-state index in [2.05, 4.69) is 12.2 Å². The Kier molecular flexibility index (Phi) is 4.47. The molecule has 146 valence electrons. The molecule has 5 rings (SSSR count). The summed E-state index contributed by atoms with van der Waals surface area (Å²) in [4.78, 5) is 20.6. The van der Waals surface area contributed by atoms with E-state index in [1.807, 2.05) is 49.4 Å². The molecule has 3 heterocycles. The fraction of sp³-hybridized carbons (Fsp3) is 0.250. The number of aromatic nitrogens is 1. The smallest absolute Gasteiger partial charge is 0.258 e. The SMILES string of the molecule is Cc1nc2sc3c(c2c(-c2ccco2)c1C(=O)Nc1ccccc1)CCC(C)C3. The molecule has 29 heavy (non-hydrogen) atoms. The molecule has 0 aliphatic heterocycles. The molecule has 1 aliphatic carbocycles. The molecule has 1 atom stereocenters. The van der Waals surface area contributed by atoms with Crippen molar-refractivity contribution in [1.29, 1.82) is 0 Å². The molecular weight excluding hydrogens is 380 g/mol. The van der Waals surface area contributed by atoms with Crippen molar-refractivity contribution in [3.05, 3.63) is 70.4 Å². The van der Waals surface area contributed by atoms with Gasteiger partial charge in [0.2, 0.25) is 0 Å². The van der Waals surface area contributed by atoms with Crippen LogP contribution in [0.5, 0.6) is 0 Å². The highest BCUT2D eigenvalue weighted by Crippen LogP contribution is 2.44. The zero-order valence-electron chi connectivity index (χ0n) is 16.5. The van der Waals surface area contributed by atoms with E-state index < -0.39 is 0 Å². The van der Waals surface area contributed by atoms with E-state index in [9.17, 15) is 4.79 Å². The lowest BCUT2D eigenvalue weighted by Crippen LogP contribution is -2.16. The van der Waals surface area contributed by atoms with Gasteiger partial charge in [-0.1, -0.05) is 25.1 Å². The maximum Gasteiger partial charge on any atom is 0.258 e. The van der Waals surface area contributed by atoms with Gasteiger partial charge in [0.05, 0.1) is 17.5 Å². The van der Waals surface area contributed by atoms with E-state index >= 15 is 0 Å². The number of furan rings is 1. The van der Waals surface area contributed by atoms with Crippen molar-refractivity contribution < 1.29 is 9.21 Å². The third-order valence-electron chi connectivity index (χ3n) is 5.65. The molecule has 1 aliphatic rings. The Morgan fingerprint density at radius 1 is 1.21 bits per heavy atom. The fourth-order valence-electron chi connectivity index (χ4n) is 4.25. The minimum atomic E-state index is -0.154. The van der Waals surface area contributed by atoms with Gasteiger partial charge in [0.15, 0.2) is 0 Å². The van der Waals surface area contributed by atoms with Crippen LogP contribution in [0.25, 0.3) is 21.5 Å². The van der Waals surface area contributed by atoms with Crippen LogP contribution in [0, 0.1) is 12.8 Å². The van der Waals surface area contributed by atoms with Crippen LogP contribution in [0.15, 0.2) is 53.1 Å². The van der Waals surface area contributed by atoms with Gasteiger partial charge in [-0.2, -0.15) is 0 Å². The molecule has 1 unspecified atom stereocenters. The molecule has 3 aromatic heterocycles. The molecule has 0 bridgehead atoms. The summed E-state index contributed by atoms with van der Waals surface area (Å²) in [5.41, 5.74) is 4.30. The highest BCUT2D eigenvalue weighted by atomic mass is 32.1. The number of amides is 1. The summed E-state index contributed by atoms with van der Waals surface area (Å²) in [5, 5.41) is 4.12. The van der Waals surface area contributed by atoms with Crippen molar-refractivity contribution in [2.24, 2.45) is 5.92 Å². The van der Waals surface area contributed by atoms with E-state index in [-0.39, 0.29) is 5.91 Å². The first-order chi connectivity index (χ1) is 14.1. The summed E-state index contributed by atoms with van der Waals surface area (Å²) in [6.45, 7) is 4.21. The number of pyridine rings is 1.